The van der Waals surface area contributed by atoms with E-state index in [9.17, 15) is 9.59 Å². The van der Waals surface area contributed by atoms with Gasteiger partial charge in [-0.3, -0.25) is 14.5 Å². The molecule has 140 valence electrons. The van der Waals surface area contributed by atoms with Crippen molar-refractivity contribution in [1.29, 1.82) is 0 Å². The Morgan fingerprint density at radius 1 is 1.15 bits per heavy atom. The van der Waals surface area contributed by atoms with Gasteiger partial charge in [0.05, 0.1) is 10.9 Å². The van der Waals surface area contributed by atoms with E-state index in [1.807, 2.05) is 30.3 Å². The maximum atomic E-state index is 12.5. The molecule has 2 aliphatic rings. The lowest BCUT2D eigenvalue weighted by molar-refractivity contribution is -0.124. The third kappa shape index (κ3) is 4.51. The molecule has 27 heavy (non-hydrogen) atoms. The predicted molar refractivity (Wildman–Crippen MR) is 108 cm³/mol. The lowest BCUT2D eigenvalue weighted by Crippen LogP contribution is -2.40. The summed E-state index contributed by atoms with van der Waals surface area (Å²) in [6.07, 6.45) is 1.16. The van der Waals surface area contributed by atoms with Crippen molar-refractivity contribution in [2.24, 2.45) is 0 Å². The summed E-state index contributed by atoms with van der Waals surface area (Å²) in [5.74, 6) is -0.139. The molecule has 0 aromatic heterocycles. The molecule has 4 rings (SSSR count). The van der Waals surface area contributed by atoms with Crippen LogP contribution in [-0.4, -0.2) is 41.1 Å². The molecular formula is C21H23N3O2S. The number of nitrogens with one attached hydrogen (secondary N) is 2. The molecule has 5 nitrogen and oxygen atoms in total. The number of hydrogen-bond donors (Lipinski definition) is 2. The molecule has 2 aromatic carbocycles. The number of amides is 2. The van der Waals surface area contributed by atoms with Gasteiger partial charge in [-0.1, -0.05) is 42.5 Å². The molecule has 2 aromatic rings. The summed E-state index contributed by atoms with van der Waals surface area (Å²) in [6, 6.07) is 18.2. The second kappa shape index (κ2) is 8.15. The molecule has 0 aliphatic carbocycles. The third-order valence-corrected chi connectivity index (χ3v) is 6.24. The van der Waals surface area contributed by atoms with Crippen LogP contribution in [0.25, 0.3) is 0 Å². The first-order chi connectivity index (χ1) is 13.2. The van der Waals surface area contributed by atoms with Crippen LogP contribution < -0.4 is 10.6 Å². The smallest absolute Gasteiger partial charge is 0.238 e. The number of carbonyl (C=O) groups excluding carboxylic acids is 2. The largest absolute Gasteiger partial charge is 0.352 e. The van der Waals surface area contributed by atoms with E-state index in [2.05, 4.69) is 39.8 Å². The number of para-hydroxylation sites is 1. The van der Waals surface area contributed by atoms with Crippen LogP contribution >= 0.6 is 11.8 Å². The SMILES string of the molecule is O=C(CC1Sc2ccccc2NC1=O)NC1CCN(Cc2ccccc2)C1. The highest BCUT2D eigenvalue weighted by atomic mass is 32.2. The van der Waals surface area contributed by atoms with E-state index in [1.54, 1.807) is 0 Å². The van der Waals surface area contributed by atoms with Gasteiger partial charge in [-0.25, -0.2) is 0 Å². The number of fused-ring (bicyclic) bond motifs is 1. The van der Waals surface area contributed by atoms with Crippen molar-refractivity contribution >= 4 is 29.3 Å². The molecule has 0 radical (unpaired) electrons. The molecule has 0 bridgehead atoms. The van der Waals surface area contributed by atoms with Crippen LogP contribution in [0.15, 0.2) is 59.5 Å². The normalized spacial score (nSPS) is 22.1. The molecule has 6 heteroatoms. The maximum absolute atomic E-state index is 12.5. The van der Waals surface area contributed by atoms with Crippen molar-refractivity contribution in [2.75, 3.05) is 18.4 Å². The highest BCUT2D eigenvalue weighted by Gasteiger charge is 2.30. The second-order valence-electron chi connectivity index (χ2n) is 7.07. The number of likely N-dealkylation sites (tertiary alicyclic amines) is 1. The number of carbonyl (C=O) groups is 2. The van der Waals surface area contributed by atoms with Crippen molar-refractivity contribution in [3.05, 3.63) is 60.2 Å². The van der Waals surface area contributed by atoms with Gasteiger partial charge >= 0.3 is 0 Å². The Morgan fingerprint density at radius 2 is 1.93 bits per heavy atom. The summed E-state index contributed by atoms with van der Waals surface area (Å²) in [6.45, 7) is 2.74. The van der Waals surface area contributed by atoms with Crippen molar-refractivity contribution in [1.82, 2.24) is 10.2 Å². The number of thioether (sulfide) groups is 1. The predicted octanol–water partition coefficient (Wildman–Crippen LogP) is 2.88. The number of anilines is 1. The lowest BCUT2D eigenvalue weighted by atomic mass is 10.2. The Morgan fingerprint density at radius 3 is 2.78 bits per heavy atom. The minimum atomic E-state index is -0.373. The first-order valence-electron chi connectivity index (χ1n) is 9.29. The van der Waals surface area contributed by atoms with Gasteiger partial charge in [0.15, 0.2) is 0 Å². The Balaban J connectivity index is 1.27. The fourth-order valence-corrected chi connectivity index (χ4v) is 4.73. The van der Waals surface area contributed by atoms with Gasteiger partial charge < -0.3 is 10.6 Å². The van der Waals surface area contributed by atoms with Gasteiger partial charge in [-0.15, -0.1) is 11.8 Å². The fraction of sp³-hybridized carbons (Fsp3) is 0.333. The fourth-order valence-electron chi connectivity index (χ4n) is 3.62. The van der Waals surface area contributed by atoms with Crippen molar-refractivity contribution < 1.29 is 9.59 Å². The average Bonchev–Trinajstić information content (AvgIpc) is 3.10. The Labute approximate surface area is 163 Å². The number of rotatable bonds is 5. The van der Waals surface area contributed by atoms with E-state index < -0.39 is 0 Å². The molecule has 2 heterocycles. The monoisotopic (exact) mass is 381 g/mol. The molecule has 2 aliphatic heterocycles. The van der Waals surface area contributed by atoms with E-state index in [1.165, 1.54) is 17.3 Å². The molecule has 1 saturated heterocycles. The van der Waals surface area contributed by atoms with Crippen LogP contribution in [0.1, 0.15) is 18.4 Å². The minimum Gasteiger partial charge on any atom is -0.352 e. The Hall–Kier alpha value is -2.31. The van der Waals surface area contributed by atoms with E-state index in [4.69, 9.17) is 0 Å². The highest BCUT2D eigenvalue weighted by molar-refractivity contribution is 8.01. The number of hydrogen-bond acceptors (Lipinski definition) is 4. The average molecular weight is 382 g/mol. The second-order valence-corrected chi connectivity index (χ2v) is 8.31. The standard InChI is InChI=1S/C21H23N3O2S/c25-20(12-19-21(26)23-17-8-4-5-9-18(17)27-19)22-16-10-11-24(14-16)13-15-6-2-1-3-7-15/h1-9,16,19H,10-14H2,(H,22,25)(H,23,26). The van der Waals surface area contributed by atoms with Gasteiger partial charge in [0, 0.05) is 37.0 Å². The van der Waals surface area contributed by atoms with Crippen LogP contribution in [0.2, 0.25) is 0 Å². The molecule has 0 spiro atoms. The van der Waals surface area contributed by atoms with Gasteiger partial charge in [-0.05, 0) is 24.1 Å². The van der Waals surface area contributed by atoms with Crippen LogP contribution in [0.3, 0.4) is 0 Å². The Bertz CT molecular complexity index is 827. The van der Waals surface area contributed by atoms with Crippen molar-refractivity contribution in [3.8, 4) is 0 Å². The van der Waals surface area contributed by atoms with Crippen LogP contribution in [0.4, 0.5) is 5.69 Å². The zero-order chi connectivity index (χ0) is 18.6. The van der Waals surface area contributed by atoms with Crippen LogP contribution in [-0.2, 0) is 16.1 Å². The summed E-state index contributed by atoms with van der Waals surface area (Å²) < 4.78 is 0. The quantitative estimate of drug-likeness (QED) is 0.836. The minimum absolute atomic E-state index is 0.0476. The molecule has 2 N–H and O–H groups in total. The van der Waals surface area contributed by atoms with E-state index in [0.29, 0.717) is 0 Å². The van der Waals surface area contributed by atoms with Crippen molar-refractivity contribution in [2.45, 2.75) is 35.6 Å². The van der Waals surface area contributed by atoms with Crippen molar-refractivity contribution in [3.63, 3.8) is 0 Å². The first-order valence-corrected chi connectivity index (χ1v) is 10.2. The molecule has 2 atom stereocenters. The first kappa shape index (κ1) is 18.1. The summed E-state index contributed by atoms with van der Waals surface area (Å²) in [4.78, 5) is 28.1. The Kier molecular flexibility index (Phi) is 5.45. The van der Waals surface area contributed by atoms with Gasteiger partial charge in [0.1, 0.15) is 0 Å². The summed E-state index contributed by atoms with van der Waals surface area (Å²) in [5.41, 5.74) is 2.12. The van der Waals surface area contributed by atoms with Gasteiger partial charge in [0.25, 0.3) is 0 Å². The summed E-state index contributed by atoms with van der Waals surface area (Å²) >= 11 is 1.47. The van der Waals surface area contributed by atoms with E-state index in [0.717, 1.165) is 36.6 Å². The lowest BCUT2D eigenvalue weighted by Gasteiger charge is -2.24. The molecule has 1 fully saturated rings. The molecule has 0 saturated carbocycles. The zero-order valence-electron chi connectivity index (χ0n) is 15.1. The van der Waals surface area contributed by atoms with E-state index in [-0.39, 0.29) is 29.5 Å². The molecular weight excluding hydrogens is 358 g/mol. The van der Waals surface area contributed by atoms with E-state index >= 15 is 0 Å². The van der Waals surface area contributed by atoms with Crippen LogP contribution in [0.5, 0.6) is 0 Å². The summed E-state index contributed by atoms with van der Waals surface area (Å²) in [7, 11) is 0. The topological polar surface area (TPSA) is 61.4 Å². The molecule has 2 unspecified atom stereocenters. The maximum Gasteiger partial charge on any atom is 0.238 e. The third-order valence-electron chi connectivity index (χ3n) is 4.96. The molecule has 2 amide bonds. The zero-order valence-corrected chi connectivity index (χ0v) is 15.9. The highest BCUT2D eigenvalue weighted by Crippen LogP contribution is 2.36. The van der Waals surface area contributed by atoms with Crippen LogP contribution in [0, 0.1) is 0 Å². The summed E-state index contributed by atoms with van der Waals surface area (Å²) in [5, 5.41) is 5.63. The van der Waals surface area contributed by atoms with Gasteiger partial charge in [0.2, 0.25) is 11.8 Å². The number of nitrogens with zero attached hydrogens (tertiary/aromatic N) is 1. The van der Waals surface area contributed by atoms with Gasteiger partial charge in [-0.2, -0.15) is 0 Å². The number of benzene rings is 2.